The summed E-state index contributed by atoms with van der Waals surface area (Å²) in [5.74, 6) is 0.298. The van der Waals surface area contributed by atoms with Crippen molar-refractivity contribution in [3.63, 3.8) is 0 Å². The van der Waals surface area contributed by atoms with Crippen molar-refractivity contribution in [3.8, 4) is 5.75 Å². The second kappa shape index (κ2) is 9.63. The lowest BCUT2D eigenvalue weighted by Crippen LogP contribution is -2.24. The molecule has 0 aromatic heterocycles. The number of nitro groups is 1. The van der Waals surface area contributed by atoms with Crippen LogP contribution in [0, 0.1) is 24.0 Å². The highest BCUT2D eigenvalue weighted by Gasteiger charge is 2.08. The second-order valence-electron chi connectivity index (χ2n) is 5.68. The molecule has 0 aliphatic carbocycles. The van der Waals surface area contributed by atoms with Crippen molar-refractivity contribution in [1.29, 1.82) is 0 Å². The van der Waals surface area contributed by atoms with Crippen LogP contribution in [0.3, 0.4) is 0 Å². The van der Waals surface area contributed by atoms with Gasteiger partial charge in [-0.2, -0.15) is 5.10 Å². The molecule has 0 fully saturated rings. The summed E-state index contributed by atoms with van der Waals surface area (Å²) in [4.78, 5) is 21.9. The van der Waals surface area contributed by atoms with E-state index in [1.807, 2.05) is 26.0 Å². The zero-order valence-electron chi connectivity index (χ0n) is 14.8. The van der Waals surface area contributed by atoms with Crippen LogP contribution in [-0.2, 0) is 4.79 Å². The Balaban J connectivity index is 1.80. The average Bonchev–Trinajstić information content (AvgIpc) is 2.61. The van der Waals surface area contributed by atoms with Crippen LogP contribution in [0.4, 0.5) is 5.69 Å². The fourth-order valence-corrected chi connectivity index (χ4v) is 3.00. The number of halogens is 1. The Bertz CT molecular complexity index is 869. The van der Waals surface area contributed by atoms with Gasteiger partial charge in [-0.25, -0.2) is 5.43 Å². The third kappa shape index (κ3) is 6.34. The van der Waals surface area contributed by atoms with Crippen molar-refractivity contribution < 1.29 is 14.5 Å². The molecule has 0 bridgehead atoms. The van der Waals surface area contributed by atoms with E-state index in [0.29, 0.717) is 5.75 Å². The Hall–Kier alpha value is -3.00. The highest BCUT2D eigenvalue weighted by atomic mass is 79.9. The number of carbonyl (C=O) groups is 1. The summed E-state index contributed by atoms with van der Waals surface area (Å²) in [6.45, 7) is 3.67. The van der Waals surface area contributed by atoms with Crippen molar-refractivity contribution >= 4 is 39.8 Å². The molecule has 0 unspecified atom stereocenters. The normalized spacial score (nSPS) is 11.1. The molecule has 140 valence electrons. The molecule has 0 saturated carbocycles. The molecule has 8 heteroatoms. The number of hydrogen-bond acceptors (Lipinski definition) is 5. The van der Waals surface area contributed by atoms with Gasteiger partial charge >= 0.3 is 0 Å². The van der Waals surface area contributed by atoms with Gasteiger partial charge in [0.05, 0.1) is 4.92 Å². The number of nitro benzene ring substituents is 1. The largest absolute Gasteiger partial charge is 0.483 e. The third-order valence-electron chi connectivity index (χ3n) is 3.52. The summed E-state index contributed by atoms with van der Waals surface area (Å²) in [6.07, 6.45) is 4.74. The van der Waals surface area contributed by atoms with Gasteiger partial charge in [0.1, 0.15) is 5.75 Å². The number of rotatable bonds is 7. The van der Waals surface area contributed by atoms with Crippen LogP contribution in [0.25, 0.3) is 6.08 Å². The van der Waals surface area contributed by atoms with E-state index in [-0.39, 0.29) is 18.2 Å². The highest BCUT2D eigenvalue weighted by Crippen LogP contribution is 2.27. The minimum atomic E-state index is -0.455. The number of nitrogens with one attached hydrogen (secondary N) is 1. The molecule has 0 atom stereocenters. The van der Waals surface area contributed by atoms with Crippen LogP contribution < -0.4 is 10.2 Å². The number of amides is 1. The lowest BCUT2D eigenvalue weighted by Gasteiger charge is -2.11. The fourth-order valence-electron chi connectivity index (χ4n) is 2.31. The summed E-state index contributed by atoms with van der Waals surface area (Å²) in [6, 6.07) is 9.92. The van der Waals surface area contributed by atoms with Crippen molar-refractivity contribution in [2.75, 3.05) is 6.61 Å². The number of nitrogens with zero attached hydrogens (tertiary/aromatic N) is 2. The van der Waals surface area contributed by atoms with Crippen LogP contribution in [-0.4, -0.2) is 23.7 Å². The van der Waals surface area contributed by atoms with Crippen LogP contribution in [0.15, 0.2) is 52.0 Å². The number of hydrazone groups is 1. The van der Waals surface area contributed by atoms with Gasteiger partial charge in [-0.1, -0.05) is 22.0 Å². The van der Waals surface area contributed by atoms with Crippen LogP contribution in [0.2, 0.25) is 0 Å². The Morgan fingerprint density at radius 2 is 1.89 bits per heavy atom. The van der Waals surface area contributed by atoms with E-state index in [4.69, 9.17) is 4.74 Å². The monoisotopic (exact) mass is 431 g/mol. The first-order valence-corrected chi connectivity index (χ1v) is 8.78. The smallest absolute Gasteiger partial charge is 0.277 e. The van der Waals surface area contributed by atoms with Crippen molar-refractivity contribution in [2.24, 2.45) is 5.10 Å². The molecule has 2 aromatic carbocycles. The predicted molar refractivity (Wildman–Crippen MR) is 108 cm³/mol. The van der Waals surface area contributed by atoms with Gasteiger partial charge in [0.2, 0.25) is 0 Å². The Labute approximate surface area is 165 Å². The predicted octanol–water partition coefficient (Wildman–Crippen LogP) is 4.17. The van der Waals surface area contributed by atoms with Crippen LogP contribution >= 0.6 is 15.9 Å². The number of aryl methyl sites for hydroxylation is 2. The van der Waals surface area contributed by atoms with Crippen LogP contribution in [0.5, 0.6) is 5.75 Å². The van der Waals surface area contributed by atoms with E-state index < -0.39 is 4.92 Å². The maximum absolute atomic E-state index is 11.8. The summed E-state index contributed by atoms with van der Waals surface area (Å²) < 4.78 is 6.52. The number of benzene rings is 2. The average molecular weight is 432 g/mol. The number of carbonyl (C=O) groups excluding carboxylic acids is 1. The topological polar surface area (TPSA) is 93.8 Å². The van der Waals surface area contributed by atoms with Gasteiger partial charge in [0.15, 0.2) is 6.61 Å². The van der Waals surface area contributed by atoms with E-state index in [1.54, 1.807) is 24.3 Å². The number of ether oxygens (including phenoxy) is 1. The molecule has 0 aliphatic heterocycles. The van der Waals surface area contributed by atoms with Crippen molar-refractivity contribution in [2.45, 2.75) is 13.8 Å². The Morgan fingerprint density at radius 1 is 1.26 bits per heavy atom. The summed E-state index contributed by atoms with van der Waals surface area (Å²) >= 11 is 3.41. The van der Waals surface area contributed by atoms with Gasteiger partial charge in [0.25, 0.3) is 11.6 Å². The lowest BCUT2D eigenvalue weighted by atomic mass is 10.1. The molecule has 27 heavy (non-hydrogen) atoms. The van der Waals surface area contributed by atoms with E-state index >= 15 is 0 Å². The van der Waals surface area contributed by atoms with E-state index in [9.17, 15) is 14.9 Å². The van der Waals surface area contributed by atoms with Crippen molar-refractivity contribution in [3.05, 3.63) is 73.8 Å². The molecule has 0 saturated heterocycles. The molecule has 0 spiro atoms. The quantitative estimate of drug-likeness (QED) is 0.404. The molecule has 7 nitrogen and oxygen atoms in total. The van der Waals surface area contributed by atoms with Crippen LogP contribution in [0.1, 0.15) is 16.7 Å². The molecular weight excluding hydrogens is 414 g/mol. The maximum atomic E-state index is 11.8. The van der Waals surface area contributed by atoms with E-state index in [0.717, 1.165) is 21.2 Å². The maximum Gasteiger partial charge on any atom is 0.277 e. The number of hydrogen-bond donors (Lipinski definition) is 1. The molecule has 0 radical (unpaired) electrons. The zero-order chi connectivity index (χ0) is 19.8. The standard InChI is InChI=1S/C19H18BrN3O4/c1-13-10-16(20)11-14(2)19(13)27-12-18(24)22-21-9-3-4-15-5-7-17(8-6-15)23(25)26/h3-11H,12H2,1-2H3,(H,22,24). The molecule has 0 aliphatic rings. The van der Waals surface area contributed by atoms with Gasteiger partial charge < -0.3 is 4.74 Å². The van der Waals surface area contributed by atoms with Gasteiger partial charge in [-0.05, 0) is 60.9 Å². The SMILES string of the molecule is Cc1cc(Br)cc(C)c1OCC(=O)NN=CC=Cc1ccc([N+](=O)[O-])cc1. The molecule has 2 rings (SSSR count). The first kappa shape index (κ1) is 20.3. The third-order valence-corrected chi connectivity index (χ3v) is 3.97. The molecule has 1 N–H and O–H groups in total. The lowest BCUT2D eigenvalue weighted by molar-refractivity contribution is -0.384. The first-order chi connectivity index (χ1) is 12.9. The summed E-state index contributed by atoms with van der Waals surface area (Å²) in [7, 11) is 0. The molecule has 0 heterocycles. The Kier molecular flexibility index (Phi) is 7.25. The summed E-state index contributed by atoms with van der Waals surface area (Å²) in [5, 5.41) is 14.4. The fraction of sp³-hybridized carbons (Fsp3) is 0.158. The Morgan fingerprint density at radius 3 is 2.48 bits per heavy atom. The minimum absolute atomic E-state index is 0.0318. The zero-order valence-corrected chi connectivity index (χ0v) is 16.4. The first-order valence-electron chi connectivity index (χ1n) is 7.99. The van der Waals surface area contributed by atoms with Crippen molar-refractivity contribution in [1.82, 2.24) is 5.43 Å². The van der Waals surface area contributed by atoms with E-state index in [1.165, 1.54) is 18.3 Å². The molecular formula is C19H18BrN3O4. The van der Waals surface area contributed by atoms with E-state index in [2.05, 4.69) is 26.5 Å². The number of allylic oxidation sites excluding steroid dienone is 1. The van der Waals surface area contributed by atoms with Gasteiger partial charge in [-0.15, -0.1) is 0 Å². The minimum Gasteiger partial charge on any atom is -0.483 e. The second-order valence-corrected chi connectivity index (χ2v) is 6.59. The molecule has 1 amide bonds. The van der Waals surface area contributed by atoms with Gasteiger partial charge in [0, 0.05) is 22.8 Å². The number of non-ortho nitro benzene ring substituents is 1. The van der Waals surface area contributed by atoms with Gasteiger partial charge in [-0.3, -0.25) is 14.9 Å². The highest BCUT2D eigenvalue weighted by molar-refractivity contribution is 9.10. The summed E-state index contributed by atoms with van der Waals surface area (Å²) in [5.41, 5.74) is 5.05. The molecule has 2 aromatic rings.